The van der Waals surface area contributed by atoms with Crippen LogP contribution in [0, 0.1) is 0 Å². The Kier molecular flexibility index (Phi) is 7.23. The van der Waals surface area contributed by atoms with Crippen molar-refractivity contribution in [3.05, 3.63) is 65.6 Å². The average molecular weight is 465 g/mol. The van der Waals surface area contributed by atoms with Gasteiger partial charge in [0.2, 0.25) is 26.0 Å². The van der Waals surface area contributed by atoms with Crippen molar-refractivity contribution in [2.45, 2.75) is 4.90 Å². The first kappa shape index (κ1) is 23.1. The van der Waals surface area contributed by atoms with Gasteiger partial charge in [0.25, 0.3) is 0 Å². The third-order valence-corrected chi connectivity index (χ3v) is 7.25. The summed E-state index contributed by atoms with van der Waals surface area (Å²) in [4.78, 5) is 14.1. The molecule has 1 heterocycles. The number of nitrogens with two attached hydrogens (primary N) is 1. The molecule has 2 aromatic carbocycles. The van der Waals surface area contributed by atoms with Gasteiger partial charge in [-0.15, -0.1) is 0 Å². The first-order chi connectivity index (χ1) is 14.6. The lowest BCUT2D eigenvalue weighted by Gasteiger charge is -2.32. The van der Waals surface area contributed by atoms with Crippen LogP contribution in [0.15, 0.2) is 64.9 Å². The van der Waals surface area contributed by atoms with Gasteiger partial charge in [0, 0.05) is 37.3 Å². The third-order valence-electron chi connectivity index (χ3n) is 4.76. The molecule has 0 aromatic heterocycles. The van der Waals surface area contributed by atoms with Gasteiger partial charge >= 0.3 is 0 Å². The predicted octanol–water partition coefficient (Wildman–Crippen LogP) is 0.891. The van der Waals surface area contributed by atoms with Gasteiger partial charge < -0.3 is 5.32 Å². The van der Waals surface area contributed by atoms with Crippen LogP contribution in [0.2, 0.25) is 0 Å². The summed E-state index contributed by atoms with van der Waals surface area (Å²) in [6.45, 7) is 1.53. The van der Waals surface area contributed by atoms with E-state index in [0.717, 1.165) is 5.56 Å². The Hall–Kier alpha value is -2.57. The zero-order valence-electron chi connectivity index (χ0n) is 16.7. The molecular weight excluding hydrogens is 440 g/mol. The topological polar surface area (TPSA) is 130 Å². The highest BCUT2D eigenvalue weighted by Crippen LogP contribution is 2.14. The molecule has 0 spiro atoms. The van der Waals surface area contributed by atoms with E-state index in [1.807, 2.05) is 35.2 Å². The van der Waals surface area contributed by atoms with Crippen LogP contribution in [-0.4, -0.2) is 64.7 Å². The Morgan fingerprint density at radius 2 is 1.55 bits per heavy atom. The van der Waals surface area contributed by atoms with Crippen molar-refractivity contribution < 1.29 is 21.6 Å². The van der Waals surface area contributed by atoms with E-state index in [4.69, 9.17) is 5.14 Å². The standard InChI is InChI=1S/C20H24N4O5S2/c21-31(28,29)19-8-6-18(7-9-19)22-20(25)16-23-11-13-24(14-12-23)30(26,27)15-10-17-4-2-1-3-5-17/h1-10,15H,11-14,16H2,(H,22,25)(H2,21,28,29). The number of carbonyl (C=O) groups excluding carboxylic acids is 1. The molecule has 0 atom stereocenters. The minimum atomic E-state index is -3.79. The van der Waals surface area contributed by atoms with Crippen molar-refractivity contribution >= 4 is 37.7 Å². The molecule has 0 saturated carbocycles. The molecule has 3 N–H and O–H groups in total. The van der Waals surface area contributed by atoms with Gasteiger partial charge in [0.05, 0.1) is 11.4 Å². The van der Waals surface area contributed by atoms with E-state index in [9.17, 15) is 21.6 Å². The van der Waals surface area contributed by atoms with Crippen molar-refractivity contribution in [3.8, 4) is 0 Å². The molecule has 1 fully saturated rings. The van der Waals surface area contributed by atoms with Crippen LogP contribution in [0.25, 0.3) is 6.08 Å². The molecule has 9 nitrogen and oxygen atoms in total. The fourth-order valence-corrected chi connectivity index (χ4v) is 4.78. The lowest BCUT2D eigenvalue weighted by Crippen LogP contribution is -2.49. The molecule has 166 valence electrons. The van der Waals surface area contributed by atoms with Crippen molar-refractivity contribution in [1.29, 1.82) is 0 Å². The molecule has 1 aliphatic rings. The normalized spacial score (nSPS) is 16.4. The largest absolute Gasteiger partial charge is 0.325 e. The molecule has 3 rings (SSSR count). The Morgan fingerprint density at radius 3 is 2.13 bits per heavy atom. The summed E-state index contributed by atoms with van der Waals surface area (Å²) in [6.07, 6.45) is 1.57. The van der Waals surface area contributed by atoms with E-state index in [1.54, 1.807) is 6.08 Å². The first-order valence-electron chi connectivity index (χ1n) is 9.52. The Labute approximate surface area is 182 Å². The van der Waals surface area contributed by atoms with Crippen LogP contribution < -0.4 is 10.5 Å². The second-order valence-corrected chi connectivity index (χ2v) is 10.4. The van der Waals surface area contributed by atoms with Crippen molar-refractivity contribution in [2.24, 2.45) is 5.14 Å². The van der Waals surface area contributed by atoms with E-state index in [1.165, 1.54) is 34.0 Å². The maximum Gasteiger partial charge on any atom is 0.238 e. The molecule has 11 heteroatoms. The van der Waals surface area contributed by atoms with E-state index < -0.39 is 20.0 Å². The van der Waals surface area contributed by atoms with Crippen LogP contribution in [0.3, 0.4) is 0 Å². The number of amides is 1. The number of sulfonamides is 2. The van der Waals surface area contributed by atoms with Gasteiger partial charge in [-0.2, -0.15) is 4.31 Å². The number of hydrogen-bond acceptors (Lipinski definition) is 6. The summed E-state index contributed by atoms with van der Waals surface area (Å²) in [5, 5.41) is 8.94. The second kappa shape index (κ2) is 9.71. The van der Waals surface area contributed by atoms with Gasteiger partial charge in [0.1, 0.15) is 0 Å². The Morgan fingerprint density at radius 1 is 0.935 bits per heavy atom. The molecule has 0 bridgehead atoms. The third kappa shape index (κ3) is 6.71. The highest BCUT2D eigenvalue weighted by atomic mass is 32.2. The number of primary sulfonamides is 1. The first-order valence-corrected chi connectivity index (χ1v) is 12.6. The summed E-state index contributed by atoms with van der Waals surface area (Å²) >= 11 is 0. The second-order valence-electron chi connectivity index (χ2n) is 7.05. The Bertz CT molecular complexity index is 1140. The maximum atomic E-state index is 12.5. The Balaban J connectivity index is 1.49. The number of nitrogens with zero attached hydrogens (tertiary/aromatic N) is 2. The van der Waals surface area contributed by atoms with Crippen molar-refractivity contribution in [2.75, 3.05) is 38.0 Å². The maximum absolute atomic E-state index is 12.5. The predicted molar refractivity (Wildman–Crippen MR) is 119 cm³/mol. The van der Waals surface area contributed by atoms with Crippen LogP contribution in [-0.2, 0) is 24.8 Å². The van der Waals surface area contributed by atoms with Crippen LogP contribution >= 0.6 is 0 Å². The highest BCUT2D eigenvalue weighted by molar-refractivity contribution is 7.92. The number of piperazine rings is 1. The molecule has 1 amide bonds. The number of anilines is 1. The number of rotatable bonds is 7. The van der Waals surface area contributed by atoms with E-state index >= 15 is 0 Å². The van der Waals surface area contributed by atoms with E-state index in [2.05, 4.69) is 5.32 Å². The molecular formula is C20H24N4O5S2. The van der Waals surface area contributed by atoms with Gasteiger partial charge in [-0.1, -0.05) is 30.3 Å². The molecule has 0 radical (unpaired) electrons. The summed E-state index contributed by atoms with van der Waals surface area (Å²) in [5.41, 5.74) is 1.25. The molecule has 1 saturated heterocycles. The number of benzene rings is 2. The van der Waals surface area contributed by atoms with Crippen LogP contribution in [0.5, 0.6) is 0 Å². The summed E-state index contributed by atoms with van der Waals surface area (Å²) in [5.74, 6) is -0.274. The zero-order valence-corrected chi connectivity index (χ0v) is 18.3. The summed E-state index contributed by atoms with van der Waals surface area (Å²) < 4.78 is 49.0. The van der Waals surface area contributed by atoms with Crippen molar-refractivity contribution in [3.63, 3.8) is 0 Å². The molecule has 0 aliphatic carbocycles. The van der Waals surface area contributed by atoms with E-state index in [-0.39, 0.29) is 30.4 Å². The fourth-order valence-electron chi connectivity index (χ4n) is 3.09. The average Bonchev–Trinajstić information content (AvgIpc) is 2.73. The monoisotopic (exact) mass is 464 g/mol. The van der Waals surface area contributed by atoms with Crippen molar-refractivity contribution in [1.82, 2.24) is 9.21 Å². The minimum absolute atomic E-state index is 0.0378. The van der Waals surface area contributed by atoms with Gasteiger partial charge in [0.15, 0.2) is 0 Å². The smallest absolute Gasteiger partial charge is 0.238 e. The number of carbonyl (C=O) groups is 1. The fraction of sp³-hybridized carbons (Fsp3) is 0.250. The number of nitrogens with one attached hydrogen (secondary N) is 1. The van der Waals surface area contributed by atoms with Gasteiger partial charge in [-0.25, -0.2) is 22.0 Å². The van der Waals surface area contributed by atoms with E-state index in [0.29, 0.717) is 18.8 Å². The molecule has 1 aliphatic heterocycles. The molecule has 31 heavy (non-hydrogen) atoms. The SMILES string of the molecule is NS(=O)(=O)c1ccc(NC(=O)CN2CCN(S(=O)(=O)C=Cc3ccccc3)CC2)cc1. The van der Waals surface area contributed by atoms with Crippen LogP contribution in [0.1, 0.15) is 5.56 Å². The van der Waals surface area contributed by atoms with Gasteiger partial charge in [-0.05, 0) is 35.9 Å². The quantitative estimate of drug-likeness (QED) is 0.626. The van der Waals surface area contributed by atoms with Crippen LogP contribution in [0.4, 0.5) is 5.69 Å². The lowest BCUT2D eigenvalue weighted by molar-refractivity contribution is -0.117. The molecule has 2 aromatic rings. The molecule has 0 unspecified atom stereocenters. The lowest BCUT2D eigenvalue weighted by atomic mass is 10.2. The zero-order chi connectivity index (χ0) is 22.5. The highest BCUT2D eigenvalue weighted by Gasteiger charge is 2.26. The minimum Gasteiger partial charge on any atom is -0.325 e. The number of hydrogen-bond donors (Lipinski definition) is 2. The summed E-state index contributed by atoms with van der Waals surface area (Å²) in [6, 6.07) is 14.7. The van der Waals surface area contributed by atoms with Gasteiger partial charge in [-0.3, -0.25) is 9.69 Å². The summed E-state index contributed by atoms with van der Waals surface area (Å²) in [7, 11) is -7.32.